The van der Waals surface area contributed by atoms with Crippen LogP contribution in [-0.2, 0) is 13.6 Å². The van der Waals surface area contributed by atoms with Crippen molar-refractivity contribution in [3.8, 4) is 11.3 Å². The number of hydrogen-bond donors (Lipinski definition) is 1. The molecular weight excluding hydrogens is 326 g/mol. The molecule has 0 amide bonds. The minimum absolute atomic E-state index is 0.407. The van der Waals surface area contributed by atoms with Crippen molar-refractivity contribution >= 4 is 5.95 Å². The van der Waals surface area contributed by atoms with E-state index in [1.165, 1.54) is 5.56 Å². The zero-order valence-corrected chi connectivity index (χ0v) is 14.9. The quantitative estimate of drug-likeness (QED) is 0.762. The molecule has 0 saturated carbocycles. The third-order valence-corrected chi connectivity index (χ3v) is 4.71. The monoisotopic (exact) mass is 349 g/mol. The third kappa shape index (κ3) is 4.05. The fourth-order valence-electron chi connectivity index (χ4n) is 3.31. The van der Waals surface area contributed by atoms with Gasteiger partial charge in [-0.15, -0.1) is 0 Å². The minimum Gasteiger partial charge on any atom is -0.351 e. The van der Waals surface area contributed by atoms with Gasteiger partial charge >= 0.3 is 0 Å². The lowest BCUT2D eigenvalue weighted by Crippen LogP contribution is -2.39. The minimum atomic E-state index is 0.407. The van der Waals surface area contributed by atoms with Crippen LogP contribution in [0, 0.1) is 0 Å². The zero-order chi connectivity index (χ0) is 17.8. The molecule has 1 aliphatic rings. The molecule has 1 saturated heterocycles. The molecule has 3 aromatic rings. The molecule has 0 spiro atoms. The fraction of sp³-hybridized carbons (Fsp3) is 0.368. The molecule has 134 valence electrons. The average molecular weight is 349 g/mol. The molecule has 0 atom stereocenters. The maximum absolute atomic E-state index is 4.64. The van der Waals surface area contributed by atoms with Gasteiger partial charge in [-0.3, -0.25) is 14.6 Å². The normalized spacial score (nSPS) is 15.9. The van der Waals surface area contributed by atoms with E-state index in [1.807, 2.05) is 44.0 Å². The summed E-state index contributed by atoms with van der Waals surface area (Å²) >= 11 is 0. The van der Waals surface area contributed by atoms with Crippen LogP contribution in [0.3, 0.4) is 0 Å². The van der Waals surface area contributed by atoms with Gasteiger partial charge in [0.1, 0.15) is 0 Å². The standard InChI is InChI=1S/C19H23N7/c1-25-14-16(12-22-25)18-4-8-21-19(24-18)23-17-5-9-26(10-6-17)13-15-3-2-7-20-11-15/h2-4,7-8,11-12,14,17H,5-6,9-10,13H2,1H3,(H,21,23,24). The number of likely N-dealkylation sites (tertiary alicyclic amines) is 1. The predicted molar refractivity (Wildman–Crippen MR) is 100 cm³/mol. The van der Waals surface area contributed by atoms with Crippen LogP contribution >= 0.6 is 0 Å². The highest BCUT2D eigenvalue weighted by atomic mass is 15.2. The summed E-state index contributed by atoms with van der Waals surface area (Å²) in [6.07, 6.45) is 11.5. The molecule has 4 heterocycles. The number of aryl methyl sites for hydroxylation is 1. The number of pyridine rings is 1. The van der Waals surface area contributed by atoms with E-state index in [4.69, 9.17) is 0 Å². The van der Waals surface area contributed by atoms with Crippen molar-refractivity contribution in [2.75, 3.05) is 18.4 Å². The molecule has 7 nitrogen and oxygen atoms in total. The van der Waals surface area contributed by atoms with Crippen LogP contribution in [0.15, 0.2) is 49.2 Å². The molecule has 7 heteroatoms. The Morgan fingerprint density at radius 3 is 2.77 bits per heavy atom. The lowest BCUT2D eigenvalue weighted by Gasteiger charge is -2.32. The highest BCUT2D eigenvalue weighted by Crippen LogP contribution is 2.19. The first-order valence-electron chi connectivity index (χ1n) is 8.96. The number of piperidine rings is 1. The number of rotatable bonds is 5. The molecule has 3 aromatic heterocycles. The molecule has 0 aromatic carbocycles. The lowest BCUT2D eigenvalue weighted by molar-refractivity contribution is 0.211. The second-order valence-electron chi connectivity index (χ2n) is 6.72. The summed E-state index contributed by atoms with van der Waals surface area (Å²) < 4.78 is 1.78. The van der Waals surface area contributed by atoms with Gasteiger partial charge in [-0.1, -0.05) is 6.07 Å². The topological polar surface area (TPSA) is 71.8 Å². The van der Waals surface area contributed by atoms with Gasteiger partial charge in [0.25, 0.3) is 0 Å². The maximum Gasteiger partial charge on any atom is 0.223 e. The molecule has 0 unspecified atom stereocenters. The molecule has 0 aliphatic carbocycles. The fourth-order valence-corrected chi connectivity index (χ4v) is 3.31. The molecule has 4 rings (SSSR count). The van der Waals surface area contributed by atoms with E-state index in [9.17, 15) is 0 Å². The second-order valence-corrected chi connectivity index (χ2v) is 6.72. The van der Waals surface area contributed by atoms with Gasteiger partial charge in [0.15, 0.2) is 0 Å². The first kappa shape index (κ1) is 16.7. The van der Waals surface area contributed by atoms with Crippen LogP contribution < -0.4 is 5.32 Å². The SMILES string of the molecule is Cn1cc(-c2ccnc(NC3CCN(Cc4cccnc4)CC3)n2)cn1. The van der Waals surface area contributed by atoms with Gasteiger partial charge in [-0.05, 0) is 30.5 Å². The number of nitrogens with one attached hydrogen (secondary N) is 1. The summed E-state index contributed by atoms with van der Waals surface area (Å²) in [6.45, 7) is 3.09. The summed E-state index contributed by atoms with van der Waals surface area (Å²) in [5, 5.41) is 7.70. The van der Waals surface area contributed by atoms with E-state index in [1.54, 1.807) is 10.9 Å². The van der Waals surface area contributed by atoms with Crippen molar-refractivity contribution in [2.24, 2.45) is 7.05 Å². The maximum atomic E-state index is 4.64. The number of hydrogen-bond acceptors (Lipinski definition) is 6. The van der Waals surface area contributed by atoms with Crippen LogP contribution in [-0.4, -0.2) is 48.8 Å². The molecule has 26 heavy (non-hydrogen) atoms. The van der Waals surface area contributed by atoms with Crippen LogP contribution in [0.2, 0.25) is 0 Å². The number of anilines is 1. The first-order chi connectivity index (χ1) is 12.8. The average Bonchev–Trinajstić information content (AvgIpc) is 3.11. The van der Waals surface area contributed by atoms with E-state index >= 15 is 0 Å². The van der Waals surface area contributed by atoms with E-state index in [2.05, 4.69) is 36.3 Å². The van der Waals surface area contributed by atoms with Gasteiger partial charge in [-0.2, -0.15) is 5.10 Å². The van der Waals surface area contributed by atoms with Gasteiger partial charge in [0.05, 0.1) is 11.9 Å². The van der Waals surface area contributed by atoms with Gasteiger partial charge in [0.2, 0.25) is 5.95 Å². The van der Waals surface area contributed by atoms with Crippen molar-refractivity contribution in [2.45, 2.75) is 25.4 Å². The number of aromatic nitrogens is 5. The Balaban J connectivity index is 1.33. The Morgan fingerprint density at radius 1 is 1.15 bits per heavy atom. The second kappa shape index (κ2) is 7.61. The summed E-state index contributed by atoms with van der Waals surface area (Å²) in [5.74, 6) is 0.692. The van der Waals surface area contributed by atoms with Crippen LogP contribution in [0.5, 0.6) is 0 Å². The Morgan fingerprint density at radius 2 is 2.04 bits per heavy atom. The van der Waals surface area contributed by atoms with E-state index < -0.39 is 0 Å². The molecule has 1 N–H and O–H groups in total. The van der Waals surface area contributed by atoms with Crippen molar-refractivity contribution in [3.05, 3.63) is 54.7 Å². The predicted octanol–water partition coefficient (Wildman–Crippen LogP) is 2.35. The molecule has 0 radical (unpaired) electrons. The smallest absolute Gasteiger partial charge is 0.223 e. The molecule has 1 aliphatic heterocycles. The summed E-state index contributed by atoms with van der Waals surface area (Å²) in [5.41, 5.74) is 3.17. The van der Waals surface area contributed by atoms with E-state index in [-0.39, 0.29) is 0 Å². The molecule has 0 bridgehead atoms. The summed E-state index contributed by atoms with van der Waals surface area (Å²) in [6, 6.07) is 6.45. The lowest BCUT2D eigenvalue weighted by atomic mass is 10.0. The Bertz CT molecular complexity index is 838. The van der Waals surface area contributed by atoms with Gasteiger partial charge in [-0.25, -0.2) is 9.97 Å². The first-order valence-corrected chi connectivity index (χ1v) is 8.96. The van der Waals surface area contributed by atoms with Crippen molar-refractivity contribution < 1.29 is 0 Å². The van der Waals surface area contributed by atoms with Crippen LogP contribution in [0.25, 0.3) is 11.3 Å². The van der Waals surface area contributed by atoms with E-state index in [0.29, 0.717) is 12.0 Å². The van der Waals surface area contributed by atoms with Gasteiger partial charge < -0.3 is 5.32 Å². The third-order valence-electron chi connectivity index (χ3n) is 4.71. The van der Waals surface area contributed by atoms with E-state index in [0.717, 1.165) is 43.7 Å². The van der Waals surface area contributed by atoms with Crippen molar-refractivity contribution in [3.63, 3.8) is 0 Å². The van der Waals surface area contributed by atoms with Crippen LogP contribution in [0.4, 0.5) is 5.95 Å². The Labute approximate surface area is 153 Å². The Kier molecular flexibility index (Phi) is 4.88. The largest absolute Gasteiger partial charge is 0.351 e. The number of nitrogens with zero attached hydrogens (tertiary/aromatic N) is 6. The zero-order valence-electron chi connectivity index (χ0n) is 14.9. The summed E-state index contributed by atoms with van der Waals surface area (Å²) in [7, 11) is 1.91. The molecule has 1 fully saturated rings. The highest BCUT2D eigenvalue weighted by Gasteiger charge is 2.20. The Hall–Kier alpha value is -2.80. The van der Waals surface area contributed by atoms with Crippen molar-refractivity contribution in [1.29, 1.82) is 0 Å². The summed E-state index contributed by atoms with van der Waals surface area (Å²) in [4.78, 5) is 15.7. The molecular formula is C19H23N7. The van der Waals surface area contributed by atoms with Crippen molar-refractivity contribution in [1.82, 2.24) is 29.6 Å². The highest BCUT2D eigenvalue weighted by molar-refractivity contribution is 5.57. The van der Waals surface area contributed by atoms with Gasteiger partial charge in [0, 0.05) is 63.1 Å². The van der Waals surface area contributed by atoms with Crippen LogP contribution in [0.1, 0.15) is 18.4 Å².